The summed E-state index contributed by atoms with van der Waals surface area (Å²) < 4.78 is 22.2. The summed E-state index contributed by atoms with van der Waals surface area (Å²) in [5.41, 5.74) is 0. The molecule has 0 bridgehead atoms. The standard InChI is InChI=1S/C6H10N2O3S/c1-2-5-3-4-8(6(5)9)12(7,10)11/h2,5H,1,3-4H2,(H2,7,10,11). The van der Waals surface area contributed by atoms with Crippen LogP contribution < -0.4 is 5.14 Å². The predicted molar refractivity (Wildman–Crippen MR) is 43.1 cm³/mol. The Bertz CT molecular complexity index is 309. The number of nitrogens with two attached hydrogens (primary N) is 1. The van der Waals surface area contributed by atoms with Gasteiger partial charge < -0.3 is 0 Å². The molecule has 1 unspecified atom stereocenters. The summed E-state index contributed by atoms with van der Waals surface area (Å²) >= 11 is 0. The van der Waals surface area contributed by atoms with E-state index < -0.39 is 22.0 Å². The first kappa shape index (κ1) is 9.21. The van der Waals surface area contributed by atoms with Crippen LogP contribution in [0.3, 0.4) is 0 Å². The monoisotopic (exact) mass is 190 g/mol. The van der Waals surface area contributed by atoms with Crippen LogP contribution in [0.4, 0.5) is 0 Å². The topological polar surface area (TPSA) is 80.5 Å². The molecule has 0 aromatic heterocycles. The Hall–Kier alpha value is -0.880. The Morgan fingerprint density at radius 1 is 1.67 bits per heavy atom. The molecule has 1 aliphatic rings. The number of carbonyl (C=O) groups is 1. The van der Waals surface area contributed by atoms with Gasteiger partial charge in [0.15, 0.2) is 0 Å². The quantitative estimate of drug-likeness (QED) is 0.580. The second-order valence-corrected chi connectivity index (χ2v) is 4.06. The molecule has 1 heterocycles. The molecule has 0 aromatic rings. The molecule has 6 heteroatoms. The van der Waals surface area contributed by atoms with Crippen LogP contribution in [0.1, 0.15) is 6.42 Å². The third-order valence-electron chi connectivity index (χ3n) is 1.80. The van der Waals surface area contributed by atoms with Gasteiger partial charge in [0, 0.05) is 6.54 Å². The highest BCUT2D eigenvalue weighted by molar-refractivity contribution is 7.87. The molecule has 68 valence electrons. The lowest BCUT2D eigenvalue weighted by atomic mass is 10.1. The lowest BCUT2D eigenvalue weighted by Crippen LogP contribution is -2.38. The molecular formula is C6H10N2O3S. The molecule has 0 spiro atoms. The van der Waals surface area contributed by atoms with Crippen molar-refractivity contribution in [3.63, 3.8) is 0 Å². The van der Waals surface area contributed by atoms with E-state index in [-0.39, 0.29) is 6.54 Å². The molecule has 5 nitrogen and oxygen atoms in total. The predicted octanol–water partition coefficient (Wildman–Crippen LogP) is -0.776. The first-order valence-corrected chi connectivity index (χ1v) is 4.94. The highest BCUT2D eigenvalue weighted by Crippen LogP contribution is 2.19. The van der Waals surface area contributed by atoms with E-state index in [1.54, 1.807) is 0 Å². The Morgan fingerprint density at radius 2 is 2.25 bits per heavy atom. The minimum atomic E-state index is -3.86. The van der Waals surface area contributed by atoms with Crippen LogP contribution in [0.2, 0.25) is 0 Å². The minimum absolute atomic E-state index is 0.161. The van der Waals surface area contributed by atoms with Gasteiger partial charge in [-0.3, -0.25) is 4.79 Å². The van der Waals surface area contributed by atoms with Crippen molar-refractivity contribution < 1.29 is 13.2 Å². The molecular weight excluding hydrogens is 180 g/mol. The van der Waals surface area contributed by atoms with Crippen LogP contribution in [0.25, 0.3) is 0 Å². The highest BCUT2D eigenvalue weighted by Gasteiger charge is 2.35. The Morgan fingerprint density at radius 3 is 2.50 bits per heavy atom. The van der Waals surface area contributed by atoms with E-state index in [1.807, 2.05) is 0 Å². The maximum absolute atomic E-state index is 11.2. The minimum Gasteiger partial charge on any atom is -0.273 e. The molecule has 1 saturated heterocycles. The fraction of sp³-hybridized carbons (Fsp3) is 0.500. The maximum atomic E-state index is 11.2. The molecule has 0 aromatic carbocycles. The summed E-state index contributed by atoms with van der Waals surface area (Å²) in [6, 6.07) is 0. The number of nitrogens with zero attached hydrogens (tertiary/aromatic N) is 1. The van der Waals surface area contributed by atoms with Crippen molar-refractivity contribution in [2.45, 2.75) is 6.42 Å². The molecule has 1 atom stereocenters. The fourth-order valence-electron chi connectivity index (χ4n) is 1.15. The highest BCUT2D eigenvalue weighted by atomic mass is 32.2. The zero-order chi connectivity index (χ0) is 9.35. The number of hydrogen-bond acceptors (Lipinski definition) is 3. The first-order valence-electron chi connectivity index (χ1n) is 3.43. The Balaban J connectivity index is 2.88. The summed E-state index contributed by atoms with van der Waals surface area (Å²) in [5.74, 6) is -0.879. The van der Waals surface area contributed by atoms with Crippen molar-refractivity contribution in [3.8, 4) is 0 Å². The number of hydrogen-bond donors (Lipinski definition) is 1. The normalized spacial score (nSPS) is 24.6. The Labute approximate surface area is 71.0 Å². The van der Waals surface area contributed by atoms with Gasteiger partial charge >= 0.3 is 10.2 Å². The average molecular weight is 190 g/mol. The van der Waals surface area contributed by atoms with E-state index in [9.17, 15) is 13.2 Å². The van der Waals surface area contributed by atoms with Gasteiger partial charge in [-0.2, -0.15) is 8.42 Å². The lowest BCUT2D eigenvalue weighted by molar-refractivity contribution is -0.125. The van der Waals surface area contributed by atoms with Crippen LogP contribution in [-0.2, 0) is 15.0 Å². The van der Waals surface area contributed by atoms with Gasteiger partial charge in [0.1, 0.15) is 0 Å². The molecule has 1 amide bonds. The number of amides is 1. The van der Waals surface area contributed by atoms with Crippen molar-refractivity contribution in [1.82, 2.24) is 4.31 Å². The maximum Gasteiger partial charge on any atom is 0.301 e. The van der Waals surface area contributed by atoms with Crippen molar-refractivity contribution in [3.05, 3.63) is 12.7 Å². The van der Waals surface area contributed by atoms with Crippen LogP contribution in [0, 0.1) is 5.92 Å². The second-order valence-electron chi connectivity index (χ2n) is 2.59. The van der Waals surface area contributed by atoms with Crippen LogP contribution >= 0.6 is 0 Å². The molecule has 0 radical (unpaired) electrons. The van der Waals surface area contributed by atoms with Gasteiger partial charge in [-0.05, 0) is 6.42 Å². The molecule has 1 aliphatic heterocycles. The third-order valence-corrected chi connectivity index (χ3v) is 2.77. The van der Waals surface area contributed by atoms with Crippen molar-refractivity contribution in [2.75, 3.05) is 6.54 Å². The van der Waals surface area contributed by atoms with Crippen molar-refractivity contribution in [1.29, 1.82) is 0 Å². The SMILES string of the molecule is C=CC1CCN(S(N)(=O)=O)C1=O. The zero-order valence-corrected chi connectivity index (χ0v) is 7.25. The molecule has 1 rings (SSSR count). The summed E-state index contributed by atoms with van der Waals surface area (Å²) in [6.45, 7) is 3.59. The molecule has 0 aliphatic carbocycles. The van der Waals surface area contributed by atoms with Gasteiger partial charge in [0.2, 0.25) is 5.91 Å². The van der Waals surface area contributed by atoms with E-state index in [0.29, 0.717) is 10.7 Å². The fourth-order valence-corrected chi connectivity index (χ4v) is 1.89. The van der Waals surface area contributed by atoms with Crippen LogP contribution in [0.15, 0.2) is 12.7 Å². The molecule has 0 saturated carbocycles. The van der Waals surface area contributed by atoms with Crippen LogP contribution in [-0.4, -0.2) is 25.2 Å². The summed E-state index contributed by atoms with van der Waals surface area (Å²) in [4.78, 5) is 11.2. The van der Waals surface area contributed by atoms with E-state index in [0.717, 1.165) is 0 Å². The average Bonchev–Trinajstić information content (AvgIpc) is 2.29. The summed E-state index contributed by atoms with van der Waals surface area (Å²) in [5, 5.41) is 4.79. The number of rotatable bonds is 2. The Kier molecular flexibility index (Phi) is 2.20. The summed E-state index contributed by atoms with van der Waals surface area (Å²) in [7, 11) is -3.86. The van der Waals surface area contributed by atoms with Crippen molar-refractivity contribution in [2.24, 2.45) is 11.1 Å². The summed E-state index contributed by atoms with van der Waals surface area (Å²) in [6.07, 6.45) is 1.91. The van der Waals surface area contributed by atoms with E-state index in [2.05, 4.69) is 6.58 Å². The zero-order valence-electron chi connectivity index (χ0n) is 6.43. The third kappa shape index (κ3) is 1.49. The molecule has 12 heavy (non-hydrogen) atoms. The smallest absolute Gasteiger partial charge is 0.273 e. The van der Waals surface area contributed by atoms with Gasteiger partial charge in [-0.1, -0.05) is 6.08 Å². The van der Waals surface area contributed by atoms with Gasteiger partial charge in [0.25, 0.3) is 0 Å². The van der Waals surface area contributed by atoms with E-state index >= 15 is 0 Å². The van der Waals surface area contributed by atoms with Crippen LogP contribution in [0.5, 0.6) is 0 Å². The van der Waals surface area contributed by atoms with E-state index in [4.69, 9.17) is 5.14 Å². The molecule has 1 fully saturated rings. The van der Waals surface area contributed by atoms with E-state index in [1.165, 1.54) is 6.08 Å². The first-order chi connectivity index (χ1) is 5.46. The lowest BCUT2D eigenvalue weighted by Gasteiger charge is -2.11. The van der Waals surface area contributed by atoms with Gasteiger partial charge in [-0.25, -0.2) is 9.44 Å². The van der Waals surface area contributed by atoms with Gasteiger partial charge in [-0.15, -0.1) is 6.58 Å². The second kappa shape index (κ2) is 2.87. The molecule has 2 N–H and O–H groups in total. The van der Waals surface area contributed by atoms with Gasteiger partial charge in [0.05, 0.1) is 5.92 Å². The number of carbonyl (C=O) groups excluding carboxylic acids is 1. The largest absolute Gasteiger partial charge is 0.301 e. The van der Waals surface area contributed by atoms with Crippen molar-refractivity contribution >= 4 is 16.1 Å².